The molecule has 0 spiro atoms. The predicted octanol–water partition coefficient (Wildman–Crippen LogP) is 3.39. The molecule has 0 saturated heterocycles. The maximum absolute atomic E-state index is 12.4. The number of hydrogen-bond donors (Lipinski definition) is 2. The molecule has 0 aromatic heterocycles. The largest absolute Gasteiger partial charge is 0.497 e. The van der Waals surface area contributed by atoms with Gasteiger partial charge in [-0.2, -0.15) is 0 Å². The number of nitrogens with zero attached hydrogens (tertiary/aromatic N) is 1. The number of hydrogen-bond acceptors (Lipinski definition) is 6. The summed E-state index contributed by atoms with van der Waals surface area (Å²) in [5.74, 6) is 0.309. The molecule has 0 atom stereocenters. The molecule has 0 fully saturated rings. The Morgan fingerprint density at radius 2 is 1.92 bits per heavy atom. The van der Waals surface area contributed by atoms with Crippen molar-refractivity contribution in [3.63, 3.8) is 0 Å². The van der Waals surface area contributed by atoms with E-state index in [1.54, 1.807) is 12.1 Å². The molecule has 0 heterocycles. The molecule has 0 aliphatic heterocycles. The number of carbonyl (C=O) groups excluding carboxylic acids is 1. The van der Waals surface area contributed by atoms with Gasteiger partial charge in [0.25, 0.3) is 11.6 Å². The van der Waals surface area contributed by atoms with Crippen LogP contribution in [0.1, 0.15) is 10.4 Å². The van der Waals surface area contributed by atoms with Gasteiger partial charge in [-0.25, -0.2) is 0 Å². The third-order valence-electron chi connectivity index (χ3n) is 3.29. The van der Waals surface area contributed by atoms with E-state index in [2.05, 4.69) is 10.6 Å². The number of rotatable bonds is 5. The van der Waals surface area contributed by atoms with Crippen molar-refractivity contribution in [1.29, 1.82) is 0 Å². The van der Waals surface area contributed by atoms with E-state index >= 15 is 0 Å². The highest BCUT2D eigenvalue weighted by Crippen LogP contribution is 2.27. The summed E-state index contributed by atoms with van der Waals surface area (Å²) in [6, 6.07) is 8.52. The fraction of sp³-hybridized carbons (Fsp3) is 0.125. The molecule has 0 bridgehead atoms. The summed E-state index contributed by atoms with van der Waals surface area (Å²) in [6.07, 6.45) is 0. The Hall–Kier alpha value is -2.91. The summed E-state index contributed by atoms with van der Waals surface area (Å²) in [5.41, 5.74) is 0.276. The average molecular weight is 396 g/mol. The van der Waals surface area contributed by atoms with Gasteiger partial charge >= 0.3 is 0 Å². The zero-order valence-electron chi connectivity index (χ0n) is 13.7. The first kappa shape index (κ1) is 19.4. The van der Waals surface area contributed by atoms with Crippen LogP contribution in [-0.4, -0.2) is 30.2 Å². The van der Waals surface area contributed by atoms with Crippen molar-refractivity contribution in [2.45, 2.75) is 0 Å². The summed E-state index contributed by atoms with van der Waals surface area (Å²) in [6.45, 7) is 0. The second-order valence-corrected chi connectivity index (χ2v) is 5.71. The van der Waals surface area contributed by atoms with Crippen LogP contribution in [0.4, 0.5) is 11.4 Å². The summed E-state index contributed by atoms with van der Waals surface area (Å²) in [4.78, 5) is 22.7. The molecule has 0 aliphatic rings. The van der Waals surface area contributed by atoms with E-state index in [4.69, 9.17) is 33.3 Å². The Morgan fingerprint density at radius 3 is 2.54 bits per heavy atom. The van der Waals surface area contributed by atoms with E-state index in [1.165, 1.54) is 38.5 Å². The fourth-order valence-electron chi connectivity index (χ4n) is 2.03. The SMILES string of the molecule is COc1ccc(C(=O)NC(=S)Nc2cc([N+](=O)[O-])ccc2Cl)c(OC)c1. The van der Waals surface area contributed by atoms with Crippen LogP contribution < -0.4 is 20.1 Å². The third kappa shape index (κ3) is 4.58. The second-order valence-electron chi connectivity index (χ2n) is 4.90. The number of amides is 1. The number of anilines is 1. The Bertz CT molecular complexity index is 875. The first-order valence-corrected chi connectivity index (χ1v) is 7.92. The molecular weight excluding hydrogens is 382 g/mol. The number of methoxy groups -OCH3 is 2. The van der Waals surface area contributed by atoms with Crippen molar-refractivity contribution in [3.8, 4) is 11.5 Å². The van der Waals surface area contributed by atoms with Crippen molar-refractivity contribution in [2.24, 2.45) is 0 Å². The standard InChI is InChI=1S/C16H14ClN3O5S/c1-24-10-4-5-11(14(8-10)25-2)15(21)19-16(26)18-13-7-9(20(22)23)3-6-12(13)17/h3-8H,1-2H3,(H2,18,19,21,26). The van der Waals surface area contributed by atoms with E-state index < -0.39 is 10.8 Å². The van der Waals surface area contributed by atoms with Gasteiger partial charge in [-0.15, -0.1) is 0 Å². The lowest BCUT2D eigenvalue weighted by Crippen LogP contribution is -2.34. The maximum atomic E-state index is 12.4. The van der Waals surface area contributed by atoms with E-state index in [0.29, 0.717) is 11.5 Å². The van der Waals surface area contributed by atoms with Crippen molar-refractivity contribution < 1.29 is 19.2 Å². The van der Waals surface area contributed by atoms with Crippen molar-refractivity contribution >= 4 is 46.2 Å². The van der Waals surface area contributed by atoms with E-state index in [-0.39, 0.29) is 27.1 Å². The number of non-ortho nitro benzene ring substituents is 1. The first-order valence-electron chi connectivity index (χ1n) is 7.14. The molecule has 2 N–H and O–H groups in total. The van der Waals surface area contributed by atoms with Crippen LogP contribution in [0.25, 0.3) is 0 Å². The second kappa shape index (κ2) is 8.45. The Balaban J connectivity index is 2.14. The zero-order chi connectivity index (χ0) is 19.3. The van der Waals surface area contributed by atoms with Crippen LogP contribution in [-0.2, 0) is 0 Å². The molecule has 2 rings (SSSR count). The number of halogens is 1. The van der Waals surface area contributed by atoms with Crippen LogP contribution in [0, 0.1) is 10.1 Å². The van der Waals surface area contributed by atoms with Crippen LogP contribution in [0.5, 0.6) is 11.5 Å². The number of ether oxygens (including phenoxy) is 2. The molecular formula is C16H14ClN3O5S. The molecule has 2 aromatic carbocycles. The van der Waals surface area contributed by atoms with Crippen molar-refractivity contribution in [1.82, 2.24) is 5.32 Å². The van der Waals surface area contributed by atoms with Gasteiger partial charge in [0.1, 0.15) is 11.5 Å². The minimum absolute atomic E-state index is 0.0738. The van der Waals surface area contributed by atoms with E-state index in [0.717, 1.165) is 0 Å². The van der Waals surface area contributed by atoms with Gasteiger partial charge < -0.3 is 14.8 Å². The number of thiocarbonyl (C=S) groups is 1. The van der Waals surface area contributed by atoms with Gasteiger partial charge in [-0.1, -0.05) is 11.6 Å². The fourth-order valence-corrected chi connectivity index (χ4v) is 2.40. The first-order chi connectivity index (χ1) is 12.3. The monoisotopic (exact) mass is 395 g/mol. The molecule has 10 heteroatoms. The summed E-state index contributed by atoms with van der Waals surface area (Å²) < 4.78 is 10.2. The third-order valence-corrected chi connectivity index (χ3v) is 3.82. The number of nitro groups is 1. The van der Waals surface area contributed by atoms with Crippen molar-refractivity contribution in [3.05, 3.63) is 57.1 Å². The van der Waals surface area contributed by atoms with E-state index in [9.17, 15) is 14.9 Å². The molecule has 0 unspecified atom stereocenters. The predicted molar refractivity (Wildman–Crippen MR) is 101 cm³/mol. The molecule has 1 amide bonds. The van der Waals surface area contributed by atoms with Gasteiger partial charge in [-0.05, 0) is 30.4 Å². The average Bonchev–Trinajstić information content (AvgIpc) is 2.62. The molecule has 8 nitrogen and oxygen atoms in total. The van der Waals surface area contributed by atoms with E-state index in [1.807, 2.05) is 0 Å². The zero-order valence-corrected chi connectivity index (χ0v) is 15.3. The van der Waals surface area contributed by atoms with Gasteiger partial charge in [0, 0.05) is 18.2 Å². The quantitative estimate of drug-likeness (QED) is 0.454. The topological polar surface area (TPSA) is 103 Å². The van der Waals surface area contributed by atoms with Crippen LogP contribution in [0.2, 0.25) is 5.02 Å². The Labute approximate surface area is 159 Å². The van der Waals surface area contributed by atoms with Crippen LogP contribution >= 0.6 is 23.8 Å². The summed E-state index contributed by atoms with van der Waals surface area (Å²) in [7, 11) is 2.92. The Morgan fingerprint density at radius 1 is 1.19 bits per heavy atom. The summed E-state index contributed by atoms with van der Waals surface area (Å²) in [5, 5.41) is 16.1. The van der Waals surface area contributed by atoms with Crippen LogP contribution in [0.15, 0.2) is 36.4 Å². The van der Waals surface area contributed by atoms with Crippen LogP contribution in [0.3, 0.4) is 0 Å². The normalized spacial score (nSPS) is 9.96. The smallest absolute Gasteiger partial charge is 0.271 e. The summed E-state index contributed by atoms with van der Waals surface area (Å²) >= 11 is 11.1. The molecule has 2 aromatic rings. The van der Waals surface area contributed by atoms with Gasteiger partial charge in [0.05, 0.1) is 35.4 Å². The Kier molecular flexibility index (Phi) is 6.31. The number of benzene rings is 2. The lowest BCUT2D eigenvalue weighted by atomic mass is 10.2. The number of carbonyl (C=O) groups is 1. The highest BCUT2D eigenvalue weighted by molar-refractivity contribution is 7.80. The maximum Gasteiger partial charge on any atom is 0.271 e. The number of nitro benzene ring substituents is 1. The lowest BCUT2D eigenvalue weighted by molar-refractivity contribution is -0.384. The molecule has 0 aliphatic carbocycles. The molecule has 0 radical (unpaired) electrons. The lowest BCUT2D eigenvalue weighted by Gasteiger charge is -2.13. The molecule has 0 saturated carbocycles. The highest BCUT2D eigenvalue weighted by Gasteiger charge is 2.16. The molecule has 26 heavy (non-hydrogen) atoms. The van der Waals surface area contributed by atoms with Gasteiger partial charge in [-0.3, -0.25) is 20.2 Å². The molecule has 136 valence electrons. The number of nitrogens with one attached hydrogen (secondary N) is 2. The minimum atomic E-state index is -0.564. The highest BCUT2D eigenvalue weighted by atomic mass is 35.5. The van der Waals surface area contributed by atoms with Gasteiger partial charge in [0.15, 0.2) is 5.11 Å². The van der Waals surface area contributed by atoms with Gasteiger partial charge in [0.2, 0.25) is 0 Å². The minimum Gasteiger partial charge on any atom is -0.497 e. The van der Waals surface area contributed by atoms with Crippen molar-refractivity contribution in [2.75, 3.05) is 19.5 Å².